The molecule has 180 valence electrons. The molecule has 2 N–H and O–H groups in total. The van der Waals surface area contributed by atoms with Crippen LogP contribution in [-0.4, -0.2) is 72.1 Å². The number of piperidine rings is 1. The summed E-state index contributed by atoms with van der Waals surface area (Å²) in [5, 5.41) is 5.56. The zero-order valence-corrected chi connectivity index (χ0v) is 19.8. The highest BCUT2D eigenvalue weighted by Crippen LogP contribution is 2.30. The summed E-state index contributed by atoms with van der Waals surface area (Å²) in [7, 11) is 1.54. The van der Waals surface area contributed by atoms with Crippen molar-refractivity contribution in [1.29, 1.82) is 0 Å². The predicted molar refractivity (Wildman–Crippen MR) is 120 cm³/mol. The molecule has 1 aromatic carbocycles. The maximum atomic E-state index is 13.0. The molecule has 1 aromatic rings. The minimum absolute atomic E-state index is 0.148. The monoisotopic (exact) mass is 460 g/mol. The lowest BCUT2D eigenvalue weighted by Gasteiger charge is -2.33. The van der Waals surface area contributed by atoms with Gasteiger partial charge >= 0.3 is 12.1 Å². The fraction of sp³-hybridized carbons (Fsp3) is 0.565. The lowest BCUT2D eigenvalue weighted by atomic mass is 9.92. The Morgan fingerprint density at radius 3 is 2.30 bits per heavy atom. The molecule has 1 unspecified atom stereocenters. The molecule has 0 aromatic heterocycles. The second kappa shape index (κ2) is 9.29. The molecule has 1 atom stereocenters. The number of carbonyl (C=O) groups is 4. The van der Waals surface area contributed by atoms with Gasteiger partial charge in [-0.05, 0) is 58.2 Å². The van der Waals surface area contributed by atoms with Gasteiger partial charge < -0.3 is 25.0 Å². The maximum Gasteiger partial charge on any atom is 0.410 e. The first-order valence-electron chi connectivity index (χ1n) is 11.0. The Labute approximate surface area is 193 Å². The minimum atomic E-state index is -1.26. The first kappa shape index (κ1) is 24.3. The van der Waals surface area contributed by atoms with E-state index in [-0.39, 0.29) is 18.7 Å². The molecule has 3 rings (SSSR count). The number of nitrogens with one attached hydrogen (secondary N) is 2. The topological polar surface area (TPSA) is 117 Å². The van der Waals surface area contributed by atoms with Crippen LogP contribution in [0.2, 0.25) is 0 Å². The van der Waals surface area contributed by atoms with Crippen LogP contribution in [0, 0.1) is 0 Å². The van der Waals surface area contributed by atoms with E-state index in [4.69, 9.17) is 9.47 Å². The lowest BCUT2D eigenvalue weighted by Crippen LogP contribution is -2.50. The third kappa shape index (κ3) is 5.55. The van der Waals surface area contributed by atoms with Crippen molar-refractivity contribution in [2.45, 2.75) is 57.7 Å². The highest BCUT2D eigenvalue weighted by atomic mass is 16.6. The molecular weight excluding hydrogens is 428 g/mol. The second-order valence-corrected chi connectivity index (χ2v) is 9.48. The van der Waals surface area contributed by atoms with E-state index in [1.165, 1.54) is 0 Å². The van der Waals surface area contributed by atoms with Crippen molar-refractivity contribution < 1.29 is 28.7 Å². The number of hydrogen-bond donors (Lipinski definition) is 2. The number of nitrogens with zero attached hydrogens (tertiary/aromatic N) is 2. The van der Waals surface area contributed by atoms with Gasteiger partial charge in [0.2, 0.25) is 5.91 Å². The number of imide groups is 1. The van der Waals surface area contributed by atoms with Gasteiger partial charge in [-0.25, -0.2) is 9.59 Å². The number of amides is 5. The summed E-state index contributed by atoms with van der Waals surface area (Å²) in [5.74, 6) is -0.283. The molecule has 0 saturated carbocycles. The van der Waals surface area contributed by atoms with Gasteiger partial charge in [0.1, 0.15) is 23.4 Å². The van der Waals surface area contributed by atoms with Gasteiger partial charge in [-0.2, -0.15) is 0 Å². The molecule has 2 fully saturated rings. The number of likely N-dealkylation sites (tertiary alicyclic amines) is 1. The van der Waals surface area contributed by atoms with Crippen LogP contribution in [0.3, 0.4) is 0 Å². The van der Waals surface area contributed by atoms with Crippen molar-refractivity contribution in [3.63, 3.8) is 0 Å². The van der Waals surface area contributed by atoms with Crippen LogP contribution < -0.4 is 15.4 Å². The molecule has 2 saturated heterocycles. The third-order valence-electron chi connectivity index (χ3n) is 5.76. The van der Waals surface area contributed by atoms with Gasteiger partial charge in [0, 0.05) is 19.1 Å². The minimum Gasteiger partial charge on any atom is -0.497 e. The summed E-state index contributed by atoms with van der Waals surface area (Å²) < 4.78 is 10.5. The number of carbonyl (C=O) groups excluding carboxylic acids is 4. The number of benzene rings is 1. The number of urea groups is 1. The molecule has 0 aliphatic carbocycles. The van der Waals surface area contributed by atoms with E-state index in [0.717, 1.165) is 4.90 Å². The van der Waals surface area contributed by atoms with Gasteiger partial charge in [-0.3, -0.25) is 14.5 Å². The SMILES string of the molecule is COc1ccc(C2(C)NC(=O)N(CC(=O)NC3CCN(C(=O)OC(C)(C)C)CC3)C2=O)cc1. The molecule has 2 heterocycles. The quantitative estimate of drug-likeness (QED) is 0.649. The molecule has 5 amide bonds. The smallest absolute Gasteiger partial charge is 0.410 e. The Morgan fingerprint density at radius 2 is 1.76 bits per heavy atom. The Morgan fingerprint density at radius 1 is 1.15 bits per heavy atom. The number of rotatable bonds is 5. The van der Waals surface area contributed by atoms with Crippen LogP contribution in [0.1, 0.15) is 46.1 Å². The zero-order valence-electron chi connectivity index (χ0n) is 19.8. The van der Waals surface area contributed by atoms with Crippen LogP contribution in [0.15, 0.2) is 24.3 Å². The number of ether oxygens (including phenoxy) is 2. The number of methoxy groups -OCH3 is 1. The normalized spacial score (nSPS) is 21.6. The van der Waals surface area contributed by atoms with E-state index < -0.39 is 29.0 Å². The van der Waals surface area contributed by atoms with E-state index in [9.17, 15) is 19.2 Å². The van der Waals surface area contributed by atoms with Crippen molar-refractivity contribution in [1.82, 2.24) is 20.4 Å². The molecule has 10 heteroatoms. The molecule has 2 aliphatic rings. The summed E-state index contributed by atoms with van der Waals surface area (Å²) in [6, 6.07) is 6.06. The Balaban J connectivity index is 1.54. The number of hydrogen-bond acceptors (Lipinski definition) is 6. The van der Waals surface area contributed by atoms with Crippen molar-refractivity contribution in [3.05, 3.63) is 29.8 Å². The maximum absolute atomic E-state index is 13.0. The highest BCUT2D eigenvalue weighted by Gasteiger charge is 2.49. The van der Waals surface area contributed by atoms with Crippen molar-refractivity contribution in [2.24, 2.45) is 0 Å². The first-order valence-corrected chi connectivity index (χ1v) is 11.0. The summed E-state index contributed by atoms with van der Waals surface area (Å²) in [4.78, 5) is 52.8. The molecule has 0 radical (unpaired) electrons. The Hall–Kier alpha value is -3.30. The summed E-state index contributed by atoms with van der Waals surface area (Å²) >= 11 is 0. The zero-order chi connectivity index (χ0) is 24.4. The van der Waals surface area contributed by atoms with Crippen molar-refractivity contribution in [2.75, 3.05) is 26.7 Å². The average molecular weight is 461 g/mol. The van der Waals surface area contributed by atoms with E-state index >= 15 is 0 Å². The van der Waals surface area contributed by atoms with Gasteiger partial charge in [0.25, 0.3) is 5.91 Å². The van der Waals surface area contributed by atoms with Crippen molar-refractivity contribution in [3.8, 4) is 5.75 Å². The van der Waals surface area contributed by atoms with E-state index in [0.29, 0.717) is 37.2 Å². The third-order valence-corrected chi connectivity index (χ3v) is 5.76. The summed E-state index contributed by atoms with van der Waals surface area (Å²) in [5.41, 5.74) is -1.23. The van der Waals surface area contributed by atoms with Gasteiger partial charge in [-0.1, -0.05) is 12.1 Å². The summed E-state index contributed by atoms with van der Waals surface area (Å²) in [6.07, 6.45) is 0.757. The van der Waals surface area contributed by atoms with E-state index in [1.807, 2.05) is 20.8 Å². The molecular formula is C23H32N4O6. The summed E-state index contributed by atoms with van der Waals surface area (Å²) in [6.45, 7) is 7.59. The Kier molecular flexibility index (Phi) is 6.85. The van der Waals surface area contributed by atoms with Crippen LogP contribution in [0.25, 0.3) is 0 Å². The first-order chi connectivity index (χ1) is 15.4. The van der Waals surface area contributed by atoms with Gasteiger partial charge in [-0.15, -0.1) is 0 Å². The van der Waals surface area contributed by atoms with Crippen LogP contribution >= 0.6 is 0 Å². The van der Waals surface area contributed by atoms with Gasteiger partial charge in [0.15, 0.2) is 0 Å². The van der Waals surface area contributed by atoms with Crippen molar-refractivity contribution >= 4 is 23.9 Å². The van der Waals surface area contributed by atoms with Crippen LogP contribution in [0.5, 0.6) is 5.75 Å². The molecule has 33 heavy (non-hydrogen) atoms. The standard InChI is InChI=1S/C23H32N4O6/c1-22(2,3)33-21(31)26-12-10-16(11-13-26)24-18(28)14-27-19(29)23(4,25-20(27)30)15-6-8-17(32-5)9-7-15/h6-9,16H,10-14H2,1-5H3,(H,24,28)(H,25,30). The van der Waals surface area contributed by atoms with Gasteiger partial charge in [0.05, 0.1) is 7.11 Å². The average Bonchev–Trinajstić information content (AvgIpc) is 2.97. The van der Waals surface area contributed by atoms with E-state index in [2.05, 4.69) is 10.6 Å². The fourth-order valence-corrected chi connectivity index (χ4v) is 3.91. The molecule has 2 aliphatic heterocycles. The molecule has 0 bridgehead atoms. The second-order valence-electron chi connectivity index (χ2n) is 9.48. The Bertz CT molecular complexity index is 918. The van der Waals surface area contributed by atoms with Crippen LogP contribution in [0.4, 0.5) is 9.59 Å². The van der Waals surface area contributed by atoms with Crippen LogP contribution in [-0.2, 0) is 19.9 Å². The molecule has 0 spiro atoms. The highest BCUT2D eigenvalue weighted by molar-refractivity contribution is 6.09. The molecule has 10 nitrogen and oxygen atoms in total. The van der Waals surface area contributed by atoms with E-state index in [1.54, 1.807) is 43.2 Å². The lowest BCUT2D eigenvalue weighted by molar-refractivity contribution is -0.135. The largest absolute Gasteiger partial charge is 0.497 e. The predicted octanol–water partition coefficient (Wildman–Crippen LogP) is 1.98. The fourth-order valence-electron chi connectivity index (χ4n) is 3.91.